The summed E-state index contributed by atoms with van der Waals surface area (Å²) in [6.07, 6.45) is 5.02. The van der Waals surface area contributed by atoms with Crippen molar-refractivity contribution in [3.8, 4) is 0 Å². The van der Waals surface area contributed by atoms with Gasteiger partial charge in [0.25, 0.3) is 0 Å². The molecule has 1 aromatic rings. The van der Waals surface area contributed by atoms with Gasteiger partial charge in [0.2, 0.25) is 0 Å². The smallest absolute Gasteiger partial charge is 0.136 e. The molecule has 1 atom stereocenters. The van der Waals surface area contributed by atoms with E-state index in [2.05, 4.69) is 27.5 Å². The average Bonchev–Trinajstić information content (AvgIpc) is 3.25. The maximum absolute atomic E-state index is 9.25. The van der Waals surface area contributed by atoms with Crippen LogP contribution < -0.4 is 10.6 Å². The molecule has 2 rings (SSSR count). The zero-order valence-electron chi connectivity index (χ0n) is 12.5. The number of aliphatic hydroxyl groups excluding tert-OH is 1. The van der Waals surface area contributed by atoms with Crippen molar-refractivity contribution < 1.29 is 5.11 Å². The van der Waals surface area contributed by atoms with E-state index in [-0.39, 0.29) is 6.10 Å². The lowest BCUT2D eigenvalue weighted by atomic mass is 10.2. The average molecular weight is 278 g/mol. The van der Waals surface area contributed by atoms with Gasteiger partial charge in [-0.1, -0.05) is 6.92 Å². The van der Waals surface area contributed by atoms with Crippen LogP contribution in [0.25, 0.3) is 0 Å². The molecule has 0 spiro atoms. The Bertz CT molecular complexity index is 418. The normalized spacial score (nSPS) is 15.9. The molecule has 0 aromatic carbocycles. The van der Waals surface area contributed by atoms with Crippen LogP contribution in [0.3, 0.4) is 0 Å². The van der Waals surface area contributed by atoms with Crippen LogP contribution >= 0.6 is 0 Å². The van der Waals surface area contributed by atoms with Gasteiger partial charge in [-0.25, -0.2) is 9.97 Å². The van der Waals surface area contributed by atoms with Gasteiger partial charge in [0.15, 0.2) is 0 Å². The van der Waals surface area contributed by atoms with Gasteiger partial charge in [-0.15, -0.1) is 0 Å². The second kappa shape index (κ2) is 7.43. The predicted octanol–water partition coefficient (Wildman–Crippen LogP) is 2.75. The third-order valence-electron chi connectivity index (χ3n) is 3.35. The van der Waals surface area contributed by atoms with Crippen molar-refractivity contribution in [2.24, 2.45) is 0 Å². The molecule has 1 heterocycles. The van der Waals surface area contributed by atoms with Crippen LogP contribution in [-0.4, -0.2) is 34.3 Å². The second-order valence-corrected chi connectivity index (χ2v) is 5.62. The van der Waals surface area contributed by atoms with Gasteiger partial charge in [0.1, 0.15) is 17.5 Å². The van der Waals surface area contributed by atoms with Crippen molar-refractivity contribution in [2.45, 2.75) is 58.0 Å². The summed E-state index contributed by atoms with van der Waals surface area (Å²) in [5.74, 6) is 3.33. The summed E-state index contributed by atoms with van der Waals surface area (Å²) in [4.78, 5) is 9.18. The van der Waals surface area contributed by atoms with Crippen molar-refractivity contribution in [3.05, 3.63) is 11.9 Å². The molecule has 0 radical (unpaired) electrons. The van der Waals surface area contributed by atoms with E-state index < -0.39 is 0 Å². The van der Waals surface area contributed by atoms with Crippen molar-refractivity contribution in [3.63, 3.8) is 0 Å². The van der Waals surface area contributed by atoms with Crippen LogP contribution in [0.1, 0.15) is 57.7 Å². The molecule has 1 fully saturated rings. The summed E-state index contributed by atoms with van der Waals surface area (Å²) < 4.78 is 0. The Labute approximate surface area is 121 Å². The first-order valence-corrected chi connectivity index (χ1v) is 7.73. The SMILES string of the molecule is CCCNc1cc(NCCCC(C)O)nc(C2CC2)n1. The molecular weight excluding hydrogens is 252 g/mol. The first-order chi connectivity index (χ1) is 9.69. The Kier molecular flexibility index (Phi) is 5.59. The lowest BCUT2D eigenvalue weighted by Crippen LogP contribution is -2.10. The number of hydrogen-bond donors (Lipinski definition) is 3. The number of rotatable bonds is 9. The van der Waals surface area contributed by atoms with Gasteiger partial charge >= 0.3 is 0 Å². The first-order valence-electron chi connectivity index (χ1n) is 7.73. The summed E-state index contributed by atoms with van der Waals surface area (Å²) in [5.41, 5.74) is 0. The minimum absolute atomic E-state index is 0.231. The van der Waals surface area contributed by atoms with Crippen LogP contribution in [0.4, 0.5) is 11.6 Å². The van der Waals surface area contributed by atoms with E-state index in [0.29, 0.717) is 5.92 Å². The highest BCUT2D eigenvalue weighted by Gasteiger charge is 2.27. The van der Waals surface area contributed by atoms with Crippen LogP contribution in [0.2, 0.25) is 0 Å². The molecule has 1 aliphatic rings. The highest BCUT2D eigenvalue weighted by molar-refractivity contribution is 5.48. The Morgan fingerprint density at radius 2 is 1.90 bits per heavy atom. The molecule has 1 unspecified atom stereocenters. The summed E-state index contributed by atoms with van der Waals surface area (Å²) in [5, 5.41) is 15.9. The highest BCUT2D eigenvalue weighted by atomic mass is 16.3. The Hall–Kier alpha value is -1.36. The lowest BCUT2D eigenvalue weighted by molar-refractivity contribution is 0.183. The summed E-state index contributed by atoms with van der Waals surface area (Å²) >= 11 is 0. The van der Waals surface area contributed by atoms with Gasteiger partial charge in [0, 0.05) is 25.1 Å². The van der Waals surface area contributed by atoms with Gasteiger partial charge in [0.05, 0.1) is 6.10 Å². The predicted molar refractivity (Wildman–Crippen MR) is 82.2 cm³/mol. The number of hydrogen-bond acceptors (Lipinski definition) is 5. The standard InChI is InChI=1S/C15H26N4O/c1-3-8-16-13-10-14(17-9-4-5-11(2)20)19-15(18-13)12-6-7-12/h10-12,20H,3-9H2,1-2H3,(H2,16,17,18,19). The molecular formula is C15H26N4O. The summed E-state index contributed by atoms with van der Waals surface area (Å²) in [7, 11) is 0. The summed E-state index contributed by atoms with van der Waals surface area (Å²) in [6, 6.07) is 1.98. The molecule has 5 heteroatoms. The van der Waals surface area contributed by atoms with E-state index in [1.807, 2.05) is 13.0 Å². The molecule has 1 aromatic heterocycles. The van der Waals surface area contributed by atoms with Crippen molar-refractivity contribution in [1.29, 1.82) is 0 Å². The number of nitrogens with one attached hydrogen (secondary N) is 2. The first kappa shape index (κ1) is 15.0. The molecule has 20 heavy (non-hydrogen) atoms. The fourth-order valence-corrected chi connectivity index (χ4v) is 2.04. The fourth-order valence-electron chi connectivity index (χ4n) is 2.04. The summed E-state index contributed by atoms with van der Waals surface area (Å²) in [6.45, 7) is 5.73. The second-order valence-electron chi connectivity index (χ2n) is 5.62. The minimum Gasteiger partial charge on any atom is -0.393 e. The number of aromatic nitrogens is 2. The zero-order chi connectivity index (χ0) is 14.4. The van der Waals surface area contributed by atoms with Crippen molar-refractivity contribution in [2.75, 3.05) is 23.7 Å². The third kappa shape index (κ3) is 4.96. The topological polar surface area (TPSA) is 70.1 Å². The molecule has 5 nitrogen and oxygen atoms in total. The van der Waals surface area contributed by atoms with Crippen LogP contribution in [-0.2, 0) is 0 Å². The zero-order valence-corrected chi connectivity index (χ0v) is 12.5. The maximum atomic E-state index is 9.25. The minimum atomic E-state index is -0.231. The molecule has 112 valence electrons. The van der Waals surface area contributed by atoms with E-state index in [4.69, 9.17) is 0 Å². The molecule has 0 amide bonds. The van der Waals surface area contributed by atoms with E-state index in [1.54, 1.807) is 0 Å². The molecule has 0 aliphatic heterocycles. The van der Waals surface area contributed by atoms with Gasteiger partial charge in [-0.3, -0.25) is 0 Å². The Morgan fingerprint density at radius 3 is 2.45 bits per heavy atom. The van der Waals surface area contributed by atoms with Crippen molar-refractivity contribution in [1.82, 2.24) is 9.97 Å². The monoisotopic (exact) mass is 278 g/mol. The van der Waals surface area contributed by atoms with E-state index >= 15 is 0 Å². The molecule has 1 aliphatic carbocycles. The molecule has 0 saturated heterocycles. The molecule has 0 bridgehead atoms. The fraction of sp³-hybridized carbons (Fsp3) is 0.733. The van der Waals surface area contributed by atoms with E-state index in [0.717, 1.165) is 49.8 Å². The quantitative estimate of drug-likeness (QED) is 0.606. The molecule has 1 saturated carbocycles. The van der Waals surface area contributed by atoms with E-state index in [9.17, 15) is 5.11 Å². The Morgan fingerprint density at radius 1 is 1.25 bits per heavy atom. The Balaban J connectivity index is 1.93. The van der Waals surface area contributed by atoms with E-state index in [1.165, 1.54) is 12.8 Å². The van der Waals surface area contributed by atoms with Crippen LogP contribution in [0, 0.1) is 0 Å². The number of aliphatic hydroxyl groups is 1. The van der Waals surface area contributed by atoms with Gasteiger partial charge in [-0.2, -0.15) is 0 Å². The van der Waals surface area contributed by atoms with Crippen molar-refractivity contribution >= 4 is 11.6 Å². The molecule has 3 N–H and O–H groups in total. The maximum Gasteiger partial charge on any atom is 0.136 e. The van der Waals surface area contributed by atoms with Gasteiger partial charge < -0.3 is 15.7 Å². The lowest BCUT2D eigenvalue weighted by Gasteiger charge is -2.11. The van der Waals surface area contributed by atoms with Crippen LogP contribution in [0.15, 0.2) is 6.07 Å². The van der Waals surface area contributed by atoms with Gasteiger partial charge in [-0.05, 0) is 39.0 Å². The third-order valence-corrected chi connectivity index (χ3v) is 3.35. The van der Waals surface area contributed by atoms with Crippen LogP contribution in [0.5, 0.6) is 0 Å². The number of nitrogens with zero attached hydrogens (tertiary/aromatic N) is 2. The highest BCUT2D eigenvalue weighted by Crippen LogP contribution is 2.38. The number of anilines is 2. The largest absolute Gasteiger partial charge is 0.393 e.